The van der Waals surface area contributed by atoms with E-state index in [9.17, 15) is 19.5 Å². The Bertz CT molecular complexity index is 2440. The number of carbonyl (C=O) groups excluding carboxylic acids is 3. The van der Waals surface area contributed by atoms with Crippen molar-refractivity contribution in [1.82, 2.24) is 20.9 Å². The maximum absolute atomic E-state index is 13.5. The molecule has 0 unspecified atom stereocenters. The van der Waals surface area contributed by atoms with E-state index in [2.05, 4.69) is 68.6 Å². The molecule has 6 aromatic carbocycles. The monoisotopic (exact) mass is 831 g/mol. The number of Topliss-reactive ketones (excluding diaryl/α,β-unsaturated/α-hetero) is 1. The van der Waals surface area contributed by atoms with Crippen LogP contribution < -0.4 is 26.0 Å². The number of carbonyl (C=O) groups is 3. The molecule has 1 saturated heterocycles. The number of aromatic hydroxyl groups is 1. The lowest BCUT2D eigenvalue weighted by Crippen LogP contribution is -2.42. The number of methoxy groups -OCH3 is 1. The van der Waals surface area contributed by atoms with Gasteiger partial charge in [0.15, 0.2) is 17.3 Å². The molecule has 2 amide bonds. The van der Waals surface area contributed by atoms with E-state index in [0.717, 1.165) is 58.6 Å². The molecule has 0 spiro atoms. The first-order valence-corrected chi connectivity index (χ1v) is 21.1. The van der Waals surface area contributed by atoms with Crippen molar-refractivity contribution in [3.63, 3.8) is 0 Å². The Hall–Kier alpha value is -6.79. The van der Waals surface area contributed by atoms with Crippen LogP contribution in [0, 0.1) is 0 Å². The number of nitrogens with zero attached hydrogens (tertiary/aromatic N) is 1. The largest absolute Gasteiger partial charge is 0.504 e. The Morgan fingerprint density at radius 2 is 1.34 bits per heavy atom. The molecule has 62 heavy (non-hydrogen) atoms. The number of piperidine rings is 1. The minimum atomic E-state index is -0.478. The molecular formula is C51H53N5O6. The SMILES string of the molecule is COc1ccc(CNCCNC(=O)c2cccc(C(=O)CNCCN3CCC(OC(=O)Nc4cccc(-c5ccccc5)c4-c4ccccc4-c4ccccc4)CC3)c2)cc1O. The Balaban J connectivity index is 0.849. The summed E-state index contributed by atoms with van der Waals surface area (Å²) in [6.45, 7) is 4.50. The quantitative estimate of drug-likeness (QED) is 0.0427. The fourth-order valence-electron chi connectivity index (χ4n) is 7.74. The van der Waals surface area contributed by atoms with Crippen LogP contribution in [0.2, 0.25) is 0 Å². The first-order chi connectivity index (χ1) is 30.4. The molecule has 0 radical (unpaired) electrons. The number of rotatable bonds is 18. The van der Waals surface area contributed by atoms with Crippen molar-refractivity contribution in [2.45, 2.75) is 25.5 Å². The van der Waals surface area contributed by atoms with Crippen molar-refractivity contribution >= 4 is 23.5 Å². The van der Waals surface area contributed by atoms with Gasteiger partial charge in [0.2, 0.25) is 0 Å². The van der Waals surface area contributed by atoms with Gasteiger partial charge in [0.05, 0.1) is 19.3 Å². The highest BCUT2D eigenvalue weighted by molar-refractivity contribution is 6.02. The molecule has 7 rings (SSSR count). The predicted molar refractivity (Wildman–Crippen MR) is 245 cm³/mol. The van der Waals surface area contributed by atoms with Gasteiger partial charge in [-0.3, -0.25) is 14.9 Å². The first-order valence-electron chi connectivity index (χ1n) is 21.1. The second kappa shape index (κ2) is 21.6. The van der Waals surface area contributed by atoms with Crippen LogP contribution in [0.1, 0.15) is 39.1 Å². The van der Waals surface area contributed by atoms with Gasteiger partial charge in [-0.25, -0.2) is 4.79 Å². The zero-order valence-corrected chi connectivity index (χ0v) is 34.9. The summed E-state index contributed by atoms with van der Waals surface area (Å²) in [5.41, 5.74) is 8.63. The third-order valence-corrected chi connectivity index (χ3v) is 11.0. The Labute approximate surface area is 363 Å². The topological polar surface area (TPSA) is 141 Å². The van der Waals surface area contributed by atoms with Gasteiger partial charge in [-0.15, -0.1) is 0 Å². The number of ketones is 1. The van der Waals surface area contributed by atoms with Crippen molar-refractivity contribution < 1.29 is 29.0 Å². The number of amides is 2. The average Bonchev–Trinajstić information content (AvgIpc) is 3.31. The number of anilines is 1. The minimum Gasteiger partial charge on any atom is -0.504 e. The van der Waals surface area contributed by atoms with Gasteiger partial charge < -0.3 is 35.4 Å². The molecule has 1 aliphatic heterocycles. The van der Waals surface area contributed by atoms with E-state index in [1.54, 1.807) is 36.4 Å². The Morgan fingerprint density at radius 3 is 2.06 bits per heavy atom. The summed E-state index contributed by atoms with van der Waals surface area (Å²) in [6.07, 6.45) is 0.721. The average molecular weight is 832 g/mol. The van der Waals surface area contributed by atoms with E-state index in [4.69, 9.17) is 9.47 Å². The minimum absolute atomic E-state index is 0.0781. The van der Waals surface area contributed by atoms with E-state index in [1.807, 2.05) is 66.7 Å². The van der Waals surface area contributed by atoms with Crippen LogP contribution in [0.3, 0.4) is 0 Å². The summed E-state index contributed by atoms with van der Waals surface area (Å²) in [6, 6.07) is 46.7. The molecule has 5 N–H and O–H groups in total. The highest BCUT2D eigenvalue weighted by Crippen LogP contribution is 2.42. The first kappa shape index (κ1) is 43.3. The highest BCUT2D eigenvalue weighted by atomic mass is 16.6. The van der Waals surface area contributed by atoms with E-state index in [0.29, 0.717) is 61.6 Å². The predicted octanol–water partition coefficient (Wildman–Crippen LogP) is 8.41. The fraction of sp³-hybridized carbons (Fsp3) is 0.235. The summed E-state index contributed by atoms with van der Waals surface area (Å²) in [7, 11) is 1.50. The molecule has 0 aromatic heterocycles. The summed E-state index contributed by atoms with van der Waals surface area (Å²) >= 11 is 0. The van der Waals surface area contributed by atoms with E-state index in [-0.39, 0.29) is 30.1 Å². The number of likely N-dealkylation sites (tertiary alicyclic amines) is 1. The summed E-state index contributed by atoms with van der Waals surface area (Å²) < 4.78 is 11.1. The summed E-state index contributed by atoms with van der Waals surface area (Å²) in [5, 5.41) is 22.4. The second-order valence-corrected chi connectivity index (χ2v) is 15.2. The molecule has 0 saturated carbocycles. The highest BCUT2D eigenvalue weighted by Gasteiger charge is 2.24. The van der Waals surface area contributed by atoms with Crippen molar-refractivity contribution in [3.8, 4) is 44.9 Å². The summed E-state index contributed by atoms with van der Waals surface area (Å²) in [5.74, 6) is 0.143. The van der Waals surface area contributed by atoms with Gasteiger partial charge in [-0.05, 0) is 76.6 Å². The number of ether oxygens (including phenoxy) is 2. The van der Waals surface area contributed by atoms with Gasteiger partial charge in [0, 0.05) is 62.5 Å². The van der Waals surface area contributed by atoms with Crippen molar-refractivity contribution in [3.05, 3.63) is 162 Å². The third kappa shape index (κ3) is 11.5. The van der Waals surface area contributed by atoms with Crippen LogP contribution in [0.5, 0.6) is 11.5 Å². The number of benzene rings is 6. The van der Waals surface area contributed by atoms with E-state index in [1.165, 1.54) is 7.11 Å². The standard InChI is InChI=1S/C51H53N5O6/c1-61-48-23-22-36(32-46(48)57)34-52-26-27-54-50(59)40-17-10-16-39(33-40)47(58)35-53-28-31-56-29-24-41(25-30-56)62-51(60)55-45-21-11-20-43(38-14-6-3-7-15-38)49(45)44-19-9-8-18-42(44)37-12-4-2-5-13-37/h2-23,32-33,41,52-53,57H,24-31,34-35H2,1H3,(H,54,59)(H,55,60). The van der Waals surface area contributed by atoms with Gasteiger partial charge in [0.25, 0.3) is 5.91 Å². The zero-order valence-electron chi connectivity index (χ0n) is 34.9. The number of hydrogen-bond donors (Lipinski definition) is 5. The molecule has 11 heteroatoms. The third-order valence-electron chi connectivity index (χ3n) is 11.0. The fourth-order valence-corrected chi connectivity index (χ4v) is 7.74. The van der Waals surface area contributed by atoms with Gasteiger partial charge in [-0.2, -0.15) is 0 Å². The number of nitrogens with one attached hydrogen (secondary N) is 4. The van der Waals surface area contributed by atoms with Gasteiger partial charge >= 0.3 is 6.09 Å². The van der Waals surface area contributed by atoms with Crippen LogP contribution in [-0.2, 0) is 11.3 Å². The van der Waals surface area contributed by atoms with Gasteiger partial charge in [0.1, 0.15) is 6.10 Å². The maximum Gasteiger partial charge on any atom is 0.411 e. The number of phenols is 1. The molecular weight excluding hydrogens is 779 g/mol. The molecule has 0 aliphatic carbocycles. The van der Waals surface area contributed by atoms with Gasteiger partial charge in [-0.1, -0.05) is 115 Å². The number of phenolic OH excluding ortho intramolecular Hbond substituents is 1. The second-order valence-electron chi connectivity index (χ2n) is 15.2. The molecule has 6 aromatic rings. The molecule has 1 aliphatic rings. The summed E-state index contributed by atoms with van der Waals surface area (Å²) in [4.78, 5) is 41.6. The Morgan fingerprint density at radius 1 is 0.677 bits per heavy atom. The number of hydrogen-bond acceptors (Lipinski definition) is 9. The van der Waals surface area contributed by atoms with Crippen LogP contribution in [-0.4, -0.2) is 86.8 Å². The lowest BCUT2D eigenvalue weighted by molar-refractivity contribution is 0.0593. The molecule has 0 atom stereocenters. The lowest BCUT2D eigenvalue weighted by atomic mass is 9.88. The smallest absolute Gasteiger partial charge is 0.411 e. The molecule has 1 heterocycles. The maximum atomic E-state index is 13.5. The van der Waals surface area contributed by atoms with E-state index < -0.39 is 6.09 Å². The van der Waals surface area contributed by atoms with Crippen molar-refractivity contribution in [2.24, 2.45) is 0 Å². The van der Waals surface area contributed by atoms with Crippen LogP contribution in [0.4, 0.5) is 10.5 Å². The van der Waals surface area contributed by atoms with Crippen LogP contribution in [0.15, 0.2) is 146 Å². The molecule has 1 fully saturated rings. The normalized spacial score (nSPS) is 13.0. The molecule has 11 nitrogen and oxygen atoms in total. The van der Waals surface area contributed by atoms with Crippen molar-refractivity contribution in [1.29, 1.82) is 0 Å². The van der Waals surface area contributed by atoms with Crippen LogP contribution in [0.25, 0.3) is 33.4 Å². The molecule has 0 bridgehead atoms. The zero-order chi connectivity index (χ0) is 43.1. The molecule has 318 valence electrons. The lowest BCUT2D eigenvalue weighted by Gasteiger charge is -2.31. The van der Waals surface area contributed by atoms with Crippen molar-refractivity contribution in [2.75, 3.05) is 58.2 Å². The van der Waals surface area contributed by atoms with E-state index >= 15 is 0 Å². The van der Waals surface area contributed by atoms with Crippen LogP contribution >= 0.6 is 0 Å². The Kier molecular flexibility index (Phi) is 15.1.